The summed E-state index contributed by atoms with van der Waals surface area (Å²) >= 11 is 0. The molecule has 1 aromatic rings. The molecule has 0 radical (unpaired) electrons. The van der Waals surface area contributed by atoms with E-state index >= 15 is 0 Å². The maximum atomic E-state index is 5.95. The van der Waals surface area contributed by atoms with Gasteiger partial charge in [0.2, 0.25) is 0 Å². The van der Waals surface area contributed by atoms with E-state index in [0.29, 0.717) is 6.54 Å². The molecule has 3 heteroatoms. The molecule has 0 amide bonds. The van der Waals surface area contributed by atoms with Crippen LogP contribution in [0, 0.1) is 5.92 Å². The molecule has 18 heavy (non-hydrogen) atoms. The van der Waals surface area contributed by atoms with Gasteiger partial charge in [0.05, 0.1) is 6.04 Å². The van der Waals surface area contributed by atoms with Gasteiger partial charge in [0.1, 0.15) is 11.5 Å². The second-order valence-corrected chi connectivity index (χ2v) is 5.35. The number of rotatable bonds is 6. The average Bonchev–Trinajstić information content (AvgIpc) is 3.01. The molecule has 1 aliphatic heterocycles. The van der Waals surface area contributed by atoms with Crippen LogP contribution >= 0.6 is 0 Å². The van der Waals surface area contributed by atoms with E-state index in [1.54, 1.807) is 0 Å². The van der Waals surface area contributed by atoms with Gasteiger partial charge >= 0.3 is 0 Å². The fourth-order valence-electron chi connectivity index (χ4n) is 3.00. The first-order valence-electron chi connectivity index (χ1n) is 7.31. The smallest absolute Gasteiger partial charge is 0.122 e. The molecule has 2 rings (SSSR count). The summed E-state index contributed by atoms with van der Waals surface area (Å²) < 4.78 is 5.87. The van der Waals surface area contributed by atoms with E-state index in [9.17, 15) is 0 Å². The Labute approximate surface area is 110 Å². The lowest BCUT2D eigenvalue weighted by Crippen LogP contribution is -2.31. The largest absolute Gasteiger partial charge is 0.464 e. The standard InChI is InChI=1S/C15H26N2O/c1-3-5-12-8-9-17(11-12)14(10-16)15-7-6-13(4-2)18-15/h6-7,12,14H,3-5,8-11,16H2,1-2H3. The van der Waals surface area contributed by atoms with Crippen LogP contribution in [0.1, 0.15) is 50.7 Å². The second kappa shape index (κ2) is 6.39. The summed E-state index contributed by atoms with van der Waals surface area (Å²) in [4.78, 5) is 2.50. The van der Waals surface area contributed by atoms with Gasteiger partial charge < -0.3 is 10.2 Å². The quantitative estimate of drug-likeness (QED) is 0.844. The highest BCUT2D eigenvalue weighted by Gasteiger charge is 2.29. The second-order valence-electron chi connectivity index (χ2n) is 5.35. The van der Waals surface area contributed by atoms with Crippen molar-refractivity contribution < 1.29 is 4.42 Å². The molecule has 0 aliphatic carbocycles. The normalized spacial score (nSPS) is 22.5. The summed E-state index contributed by atoms with van der Waals surface area (Å²) in [6.45, 7) is 7.37. The van der Waals surface area contributed by atoms with Crippen molar-refractivity contribution in [3.05, 3.63) is 23.7 Å². The van der Waals surface area contributed by atoms with Gasteiger partial charge in [-0.2, -0.15) is 0 Å². The Bertz CT molecular complexity index is 361. The molecule has 2 unspecified atom stereocenters. The molecule has 102 valence electrons. The lowest BCUT2D eigenvalue weighted by molar-refractivity contribution is 0.209. The lowest BCUT2D eigenvalue weighted by Gasteiger charge is -2.25. The molecular formula is C15H26N2O. The lowest BCUT2D eigenvalue weighted by atomic mass is 10.0. The zero-order valence-corrected chi connectivity index (χ0v) is 11.7. The van der Waals surface area contributed by atoms with Gasteiger partial charge in [-0.15, -0.1) is 0 Å². The number of aryl methyl sites for hydroxylation is 1. The van der Waals surface area contributed by atoms with Crippen LogP contribution in [0.5, 0.6) is 0 Å². The van der Waals surface area contributed by atoms with E-state index < -0.39 is 0 Å². The average molecular weight is 250 g/mol. The fourth-order valence-corrected chi connectivity index (χ4v) is 3.00. The number of nitrogens with zero attached hydrogens (tertiary/aromatic N) is 1. The van der Waals surface area contributed by atoms with Crippen molar-refractivity contribution in [1.82, 2.24) is 4.90 Å². The summed E-state index contributed by atoms with van der Waals surface area (Å²) in [7, 11) is 0. The minimum Gasteiger partial charge on any atom is -0.464 e. The van der Waals surface area contributed by atoms with Gasteiger partial charge in [-0.1, -0.05) is 20.3 Å². The van der Waals surface area contributed by atoms with Crippen molar-refractivity contribution in [2.24, 2.45) is 11.7 Å². The Morgan fingerprint density at radius 2 is 2.28 bits per heavy atom. The predicted octanol–water partition coefficient (Wildman–Crippen LogP) is 2.96. The molecule has 0 saturated carbocycles. The summed E-state index contributed by atoms with van der Waals surface area (Å²) in [6, 6.07) is 4.45. The third-order valence-corrected chi connectivity index (χ3v) is 4.04. The summed E-state index contributed by atoms with van der Waals surface area (Å²) in [6.07, 6.45) is 4.89. The third-order valence-electron chi connectivity index (χ3n) is 4.04. The Morgan fingerprint density at radius 1 is 1.44 bits per heavy atom. The first kappa shape index (κ1) is 13.6. The number of hydrogen-bond donors (Lipinski definition) is 1. The van der Waals surface area contributed by atoms with Crippen LogP contribution in [0.3, 0.4) is 0 Å². The van der Waals surface area contributed by atoms with Crippen LogP contribution < -0.4 is 5.73 Å². The topological polar surface area (TPSA) is 42.4 Å². The fraction of sp³-hybridized carbons (Fsp3) is 0.733. The van der Waals surface area contributed by atoms with Crippen molar-refractivity contribution >= 4 is 0 Å². The summed E-state index contributed by atoms with van der Waals surface area (Å²) in [5.41, 5.74) is 5.95. The van der Waals surface area contributed by atoms with Crippen LogP contribution in [-0.2, 0) is 6.42 Å². The Kier molecular flexibility index (Phi) is 4.84. The zero-order chi connectivity index (χ0) is 13.0. The minimum atomic E-state index is 0.271. The van der Waals surface area contributed by atoms with Crippen molar-refractivity contribution in [2.75, 3.05) is 19.6 Å². The third kappa shape index (κ3) is 2.96. The Morgan fingerprint density at radius 3 is 2.89 bits per heavy atom. The van der Waals surface area contributed by atoms with Crippen LogP contribution in [-0.4, -0.2) is 24.5 Å². The minimum absolute atomic E-state index is 0.271. The zero-order valence-electron chi connectivity index (χ0n) is 11.7. The van der Waals surface area contributed by atoms with E-state index in [1.165, 1.54) is 25.8 Å². The molecule has 2 heterocycles. The van der Waals surface area contributed by atoms with Crippen molar-refractivity contribution in [3.63, 3.8) is 0 Å². The molecule has 3 nitrogen and oxygen atoms in total. The molecule has 1 fully saturated rings. The molecule has 0 bridgehead atoms. The Balaban J connectivity index is 2.01. The van der Waals surface area contributed by atoms with Gasteiger partial charge in [0.25, 0.3) is 0 Å². The van der Waals surface area contributed by atoms with Gasteiger partial charge in [-0.05, 0) is 37.4 Å². The van der Waals surface area contributed by atoms with Crippen LogP contribution in [0.4, 0.5) is 0 Å². The summed E-state index contributed by atoms with van der Waals surface area (Å²) in [5.74, 6) is 2.96. The van der Waals surface area contributed by atoms with E-state index in [0.717, 1.165) is 30.4 Å². The number of nitrogens with two attached hydrogens (primary N) is 1. The van der Waals surface area contributed by atoms with Crippen molar-refractivity contribution in [3.8, 4) is 0 Å². The Hall–Kier alpha value is -0.800. The molecular weight excluding hydrogens is 224 g/mol. The van der Waals surface area contributed by atoms with Gasteiger partial charge in [0.15, 0.2) is 0 Å². The molecule has 2 N–H and O–H groups in total. The number of furan rings is 1. The number of likely N-dealkylation sites (tertiary alicyclic amines) is 1. The molecule has 1 aromatic heterocycles. The van der Waals surface area contributed by atoms with Crippen LogP contribution in [0.25, 0.3) is 0 Å². The maximum Gasteiger partial charge on any atom is 0.122 e. The highest BCUT2D eigenvalue weighted by Crippen LogP contribution is 2.30. The SMILES string of the molecule is CCCC1CCN(C(CN)c2ccc(CC)o2)C1. The predicted molar refractivity (Wildman–Crippen MR) is 74.5 cm³/mol. The van der Waals surface area contributed by atoms with Crippen molar-refractivity contribution in [2.45, 2.75) is 45.6 Å². The maximum absolute atomic E-state index is 5.95. The molecule has 1 aliphatic rings. The van der Waals surface area contributed by atoms with Gasteiger partial charge in [-0.3, -0.25) is 4.90 Å². The van der Waals surface area contributed by atoms with Crippen LogP contribution in [0.2, 0.25) is 0 Å². The van der Waals surface area contributed by atoms with E-state index in [2.05, 4.69) is 30.9 Å². The highest BCUT2D eigenvalue weighted by atomic mass is 16.3. The summed E-state index contributed by atoms with van der Waals surface area (Å²) in [5, 5.41) is 0. The highest BCUT2D eigenvalue weighted by molar-refractivity contribution is 5.12. The van der Waals surface area contributed by atoms with Crippen molar-refractivity contribution in [1.29, 1.82) is 0 Å². The first-order chi connectivity index (χ1) is 8.78. The monoisotopic (exact) mass is 250 g/mol. The molecule has 0 aromatic carbocycles. The van der Waals surface area contributed by atoms with E-state index in [-0.39, 0.29) is 6.04 Å². The molecule has 2 atom stereocenters. The van der Waals surface area contributed by atoms with Crippen LogP contribution in [0.15, 0.2) is 16.5 Å². The number of hydrogen-bond acceptors (Lipinski definition) is 3. The van der Waals surface area contributed by atoms with E-state index in [1.807, 2.05) is 0 Å². The first-order valence-corrected chi connectivity index (χ1v) is 7.31. The van der Waals surface area contributed by atoms with Gasteiger partial charge in [0, 0.05) is 19.5 Å². The molecule has 0 spiro atoms. The van der Waals surface area contributed by atoms with Gasteiger partial charge in [-0.25, -0.2) is 0 Å². The molecule has 1 saturated heterocycles. The van der Waals surface area contributed by atoms with E-state index in [4.69, 9.17) is 10.2 Å².